The van der Waals surface area contributed by atoms with Crippen molar-refractivity contribution in [1.82, 2.24) is 10.6 Å². The molecule has 1 unspecified atom stereocenters. The minimum Gasteiger partial charge on any atom is -0.482 e. The van der Waals surface area contributed by atoms with Crippen molar-refractivity contribution in [3.05, 3.63) is 29.8 Å². The normalized spacial score (nSPS) is 15.6. The Morgan fingerprint density at radius 3 is 2.41 bits per heavy atom. The molecular formula is C20H28N2O5. The maximum atomic E-state index is 12.1. The monoisotopic (exact) mass is 376 g/mol. The number of carboxylic acids is 1. The molecule has 148 valence electrons. The first kappa shape index (κ1) is 20.7. The number of carbonyl (C=O) groups is 3. The summed E-state index contributed by atoms with van der Waals surface area (Å²) in [5.41, 5.74) is 0.861. The highest BCUT2D eigenvalue weighted by Gasteiger charge is 2.17. The third-order valence-electron chi connectivity index (χ3n) is 4.76. The first-order valence-corrected chi connectivity index (χ1v) is 9.44. The molecule has 0 aliphatic heterocycles. The van der Waals surface area contributed by atoms with Crippen LogP contribution in [0.15, 0.2) is 24.3 Å². The Balaban J connectivity index is 1.71. The van der Waals surface area contributed by atoms with E-state index in [1.807, 2.05) is 6.92 Å². The van der Waals surface area contributed by atoms with Crippen molar-refractivity contribution in [3.63, 3.8) is 0 Å². The Hall–Kier alpha value is -2.57. The third-order valence-corrected chi connectivity index (χ3v) is 4.76. The fourth-order valence-corrected chi connectivity index (χ4v) is 3.28. The SMILES string of the molecule is CC(NC(=O)CNC(=O)CC1CCCCC1)c1ccc(OCC(=O)O)cc1. The molecule has 1 saturated carbocycles. The molecule has 2 rings (SSSR count). The van der Waals surface area contributed by atoms with Crippen molar-refractivity contribution >= 4 is 17.8 Å². The van der Waals surface area contributed by atoms with Gasteiger partial charge in [-0.1, -0.05) is 31.4 Å². The van der Waals surface area contributed by atoms with Crippen LogP contribution in [0.25, 0.3) is 0 Å². The minimum absolute atomic E-state index is 0.0320. The van der Waals surface area contributed by atoms with Crippen LogP contribution in [0.3, 0.4) is 0 Å². The third kappa shape index (κ3) is 7.68. The van der Waals surface area contributed by atoms with Gasteiger partial charge in [-0.05, 0) is 43.4 Å². The first-order valence-electron chi connectivity index (χ1n) is 9.44. The number of hydrogen-bond acceptors (Lipinski definition) is 4. The van der Waals surface area contributed by atoms with Crippen molar-refractivity contribution in [2.24, 2.45) is 5.92 Å². The van der Waals surface area contributed by atoms with E-state index >= 15 is 0 Å². The summed E-state index contributed by atoms with van der Waals surface area (Å²) in [6.45, 7) is 1.41. The van der Waals surface area contributed by atoms with Gasteiger partial charge < -0.3 is 20.5 Å². The Kier molecular flexibility index (Phi) is 8.10. The van der Waals surface area contributed by atoms with Gasteiger partial charge in [0.25, 0.3) is 0 Å². The predicted octanol–water partition coefficient (Wildman–Crippen LogP) is 2.41. The molecule has 0 aromatic heterocycles. The Morgan fingerprint density at radius 2 is 1.78 bits per heavy atom. The molecule has 0 heterocycles. The lowest BCUT2D eigenvalue weighted by atomic mass is 9.87. The quantitative estimate of drug-likeness (QED) is 0.614. The van der Waals surface area contributed by atoms with Gasteiger partial charge in [-0.2, -0.15) is 0 Å². The van der Waals surface area contributed by atoms with E-state index < -0.39 is 12.6 Å². The molecule has 0 spiro atoms. The van der Waals surface area contributed by atoms with Gasteiger partial charge in [-0.3, -0.25) is 9.59 Å². The molecule has 1 aliphatic rings. The van der Waals surface area contributed by atoms with E-state index in [4.69, 9.17) is 9.84 Å². The Bertz CT molecular complexity index is 638. The highest BCUT2D eigenvalue weighted by molar-refractivity contribution is 5.84. The van der Waals surface area contributed by atoms with E-state index in [0.29, 0.717) is 18.1 Å². The van der Waals surface area contributed by atoms with Crippen molar-refractivity contribution in [3.8, 4) is 5.75 Å². The molecule has 0 saturated heterocycles. The fourth-order valence-electron chi connectivity index (χ4n) is 3.28. The summed E-state index contributed by atoms with van der Waals surface area (Å²) in [6, 6.07) is 6.62. The largest absolute Gasteiger partial charge is 0.482 e. The van der Waals surface area contributed by atoms with E-state index in [-0.39, 0.29) is 24.4 Å². The molecule has 1 fully saturated rings. The zero-order chi connectivity index (χ0) is 19.6. The Labute approximate surface area is 159 Å². The van der Waals surface area contributed by atoms with Gasteiger partial charge >= 0.3 is 5.97 Å². The minimum atomic E-state index is -1.04. The molecular weight excluding hydrogens is 348 g/mol. The summed E-state index contributed by atoms with van der Waals surface area (Å²) in [4.78, 5) is 34.5. The average Bonchev–Trinajstić information content (AvgIpc) is 2.66. The van der Waals surface area contributed by atoms with Crippen LogP contribution in [0, 0.1) is 5.92 Å². The van der Waals surface area contributed by atoms with Crippen LogP contribution in [-0.2, 0) is 14.4 Å². The van der Waals surface area contributed by atoms with Gasteiger partial charge in [0.2, 0.25) is 11.8 Å². The predicted molar refractivity (Wildman–Crippen MR) is 100 cm³/mol. The lowest BCUT2D eigenvalue weighted by molar-refractivity contribution is -0.139. The van der Waals surface area contributed by atoms with Crippen LogP contribution in [0.2, 0.25) is 0 Å². The molecule has 7 nitrogen and oxygen atoms in total. The average molecular weight is 376 g/mol. The zero-order valence-corrected chi connectivity index (χ0v) is 15.7. The van der Waals surface area contributed by atoms with Crippen molar-refractivity contribution in [2.45, 2.75) is 51.5 Å². The van der Waals surface area contributed by atoms with Crippen molar-refractivity contribution in [2.75, 3.05) is 13.2 Å². The van der Waals surface area contributed by atoms with Crippen LogP contribution in [0.5, 0.6) is 5.75 Å². The van der Waals surface area contributed by atoms with Gasteiger partial charge in [-0.25, -0.2) is 4.79 Å². The summed E-state index contributed by atoms with van der Waals surface area (Å²) in [5.74, 6) is -0.446. The van der Waals surface area contributed by atoms with Crippen molar-refractivity contribution < 1.29 is 24.2 Å². The molecule has 1 aliphatic carbocycles. The summed E-state index contributed by atoms with van der Waals surface area (Å²) in [5, 5.41) is 14.1. The topological polar surface area (TPSA) is 105 Å². The number of hydrogen-bond donors (Lipinski definition) is 3. The molecule has 1 aromatic rings. The molecule has 1 atom stereocenters. The number of ether oxygens (including phenoxy) is 1. The van der Waals surface area contributed by atoms with Crippen LogP contribution in [0.1, 0.15) is 57.1 Å². The molecule has 7 heteroatoms. The van der Waals surface area contributed by atoms with Gasteiger partial charge in [0.1, 0.15) is 5.75 Å². The molecule has 0 bridgehead atoms. The number of aliphatic carboxylic acids is 1. The summed E-state index contributed by atoms with van der Waals surface area (Å²) in [6.07, 6.45) is 6.34. The van der Waals surface area contributed by atoms with Gasteiger partial charge in [0.15, 0.2) is 6.61 Å². The van der Waals surface area contributed by atoms with E-state index in [9.17, 15) is 14.4 Å². The lowest BCUT2D eigenvalue weighted by Gasteiger charge is -2.21. The summed E-state index contributed by atoms with van der Waals surface area (Å²) >= 11 is 0. The van der Waals surface area contributed by atoms with Gasteiger partial charge in [0, 0.05) is 6.42 Å². The van der Waals surface area contributed by atoms with Gasteiger partial charge in [0.05, 0.1) is 12.6 Å². The first-order chi connectivity index (χ1) is 12.9. The maximum absolute atomic E-state index is 12.1. The van der Waals surface area contributed by atoms with Crippen LogP contribution in [0.4, 0.5) is 0 Å². The zero-order valence-electron chi connectivity index (χ0n) is 15.7. The Morgan fingerprint density at radius 1 is 1.11 bits per heavy atom. The summed E-state index contributed by atoms with van der Waals surface area (Å²) < 4.78 is 5.08. The molecule has 2 amide bonds. The highest BCUT2D eigenvalue weighted by Crippen LogP contribution is 2.26. The van der Waals surface area contributed by atoms with Crippen LogP contribution < -0.4 is 15.4 Å². The second-order valence-corrected chi connectivity index (χ2v) is 7.03. The lowest BCUT2D eigenvalue weighted by Crippen LogP contribution is -2.38. The molecule has 1 aromatic carbocycles. The molecule has 27 heavy (non-hydrogen) atoms. The number of carboxylic acid groups (broad SMARTS) is 1. The van der Waals surface area contributed by atoms with E-state index in [0.717, 1.165) is 18.4 Å². The second-order valence-electron chi connectivity index (χ2n) is 7.03. The molecule has 3 N–H and O–H groups in total. The van der Waals surface area contributed by atoms with Gasteiger partial charge in [-0.15, -0.1) is 0 Å². The number of benzene rings is 1. The second kappa shape index (κ2) is 10.5. The number of nitrogens with one attached hydrogen (secondary N) is 2. The summed E-state index contributed by atoms with van der Waals surface area (Å²) in [7, 11) is 0. The number of rotatable bonds is 9. The fraction of sp³-hybridized carbons (Fsp3) is 0.550. The number of carbonyl (C=O) groups excluding carboxylic acids is 2. The van der Waals surface area contributed by atoms with Crippen molar-refractivity contribution in [1.29, 1.82) is 0 Å². The van der Waals surface area contributed by atoms with E-state index in [1.165, 1.54) is 19.3 Å². The smallest absolute Gasteiger partial charge is 0.341 e. The van der Waals surface area contributed by atoms with E-state index in [1.54, 1.807) is 24.3 Å². The van der Waals surface area contributed by atoms with E-state index in [2.05, 4.69) is 10.6 Å². The van der Waals surface area contributed by atoms with Crippen LogP contribution >= 0.6 is 0 Å². The maximum Gasteiger partial charge on any atom is 0.341 e. The van der Waals surface area contributed by atoms with Crippen LogP contribution in [-0.4, -0.2) is 36.0 Å². The molecule has 0 radical (unpaired) electrons. The number of amides is 2. The highest BCUT2D eigenvalue weighted by atomic mass is 16.5. The standard InChI is InChI=1S/C20H28N2O5/c1-14(16-7-9-17(10-8-16)27-13-20(25)26)22-19(24)12-21-18(23)11-15-5-3-2-4-6-15/h7-10,14-15H,2-6,11-13H2,1H3,(H,21,23)(H,22,24)(H,25,26).